The molecule has 0 saturated heterocycles. The first-order chi connectivity index (χ1) is 11.2. The first kappa shape index (κ1) is 15.9. The van der Waals surface area contributed by atoms with E-state index in [1.165, 1.54) is 11.3 Å². The molecular weight excluding hydrogens is 332 g/mol. The Kier molecular flexibility index (Phi) is 4.56. The summed E-state index contributed by atoms with van der Waals surface area (Å²) in [6.07, 6.45) is 2.42. The van der Waals surface area contributed by atoms with Crippen LogP contribution in [-0.2, 0) is 13.0 Å². The van der Waals surface area contributed by atoms with Crippen molar-refractivity contribution in [3.8, 4) is 5.00 Å². The van der Waals surface area contributed by atoms with Gasteiger partial charge in [0, 0.05) is 10.4 Å². The van der Waals surface area contributed by atoms with Gasteiger partial charge in [0.05, 0.1) is 17.1 Å². The third kappa shape index (κ3) is 2.93. The van der Waals surface area contributed by atoms with Crippen LogP contribution in [0.5, 0.6) is 0 Å². The minimum absolute atomic E-state index is 0.113. The second-order valence-corrected chi connectivity index (χ2v) is 6.44. The number of carbonyl (C=O) groups is 1. The Bertz CT molecular complexity index is 855. The number of nitrogens with zero attached hydrogens (tertiary/aromatic N) is 3. The van der Waals surface area contributed by atoms with E-state index in [0.717, 1.165) is 16.3 Å². The molecule has 0 unspecified atom stereocenters. The number of aryl methyl sites for hydroxylation is 1. The molecule has 0 atom stereocenters. The van der Waals surface area contributed by atoms with E-state index in [1.54, 1.807) is 35.2 Å². The van der Waals surface area contributed by atoms with Gasteiger partial charge >= 0.3 is 0 Å². The maximum Gasteiger partial charge on any atom is 0.197 e. The quantitative estimate of drug-likeness (QED) is 0.720. The second-order valence-electron chi connectivity index (χ2n) is 4.92. The van der Waals surface area contributed by atoms with Crippen LogP contribution >= 0.6 is 22.9 Å². The number of carbonyl (C=O) groups excluding carboxylic acids is 1. The molecule has 0 saturated carbocycles. The highest BCUT2D eigenvalue weighted by molar-refractivity contribution is 7.15. The van der Waals surface area contributed by atoms with Gasteiger partial charge in [-0.2, -0.15) is 0 Å². The van der Waals surface area contributed by atoms with Crippen LogP contribution in [0.3, 0.4) is 0 Å². The van der Waals surface area contributed by atoms with Crippen LogP contribution in [0.4, 0.5) is 0 Å². The highest BCUT2D eigenvalue weighted by Crippen LogP contribution is 2.31. The highest BCUT2D eigenvalue weighted by Gasteiger charge is 2.21. The fourth-order valence-corrected chi connectivity index (χ4v) is 3.61. The van der Waals surface area contributed by atoms with Crippen LogP contribution in [0.25, 0.3) is 5.00 Å². The van der Waals surface area contributed by atoms with E-state index in [4.69, 9.17) is 17.3 Å². The van der Waals surface area contributed by atoms with E-state index in [-0.39, 0.29) is 12.3 Å². The van der Waals surface area contributed by atoms with Crippen LogP contribution in [0.2, 0.25) is 5.02 Å². The van der Waals surface area contributed by atoms with Gasteiger partial charge in [-0.3, -0.25) is 9.36 Å². The van der Waals surface area contributed by atoms with Gasteiger partial charge in [-0.25, -0.2) is 0 Å². The summed E-state index contributed by atoms with van der Waals surface area (Å²) < 4.78 is 1.77. The number of benzene rings is 1. The summed E-state index contributed by atoms with van der Waals surface area (Å²) in [4.78, 5) is 14.1. The third-order valence-electron chi connectivity index (χ3n) is 3.49. The number of thiophene rings is 1. The Labute approximate surface area is 142 Å². The fourth-order valence-electron chi connectivity index (χ4n) is 2.31. The molecule has 0 aliphatic heterocycles. The second kappa shape index (κ2) is 6.62. The summed E-state index contributed by atoms with van der Waals surface area (Å²) in [6.45, 7) is 2.30. The maximum atomic E-state index is 12.9. The Morgan fingerprint density at radius 2 is 2.13 bits per heavy atom. The smallest absolute Gasteiger partial charge is 0.197 e. The minimum atomic E-state index is -0.113. The minimum Gasteiger partial charge on any atom is -0.324 e. The van der Waals surface area contributed by atoms with Gasteiger partial charge in [-0.05, 0) is 24.6 Å². The zero-order valence-corrected chi connectivity index (χ0v) is 14.1. The molecule has 3 aromatic rings. The van der Waals surface area contributed by atoms with Gasteiger partial charge in [0.25, 0.3) is 0 Å². The number of ketones is 1. The summed E-state index contributed by atoms with van der Waals surface area (Å²) >= 11 is 7.72. The molecule has 1 aromatic carbocycles. The molecule has 2 aromatic heterocycles. The molecular formula is C16H15ClN4OS. The highest BCUT2D eigenvalue weighted by atomic mass is 35.5. The lowest BCUT2D eigenvalue weighted by atomic mass is 10.0. The molecule has 0 radical (unpaired) electrons. The molecule has 2 N–H and O–H groups in total. The van der Waals surface area contributed by atoms with Crippen LogP contribution in [0.1, 0.15) is 33.5 Å². The largest absolute Gasteiger partial charge is 0.324 e. The molecule has 7 heteroatoms. The van der Waals surface area contributed by atoms with Gasteiger partial charge < -0.3 is 5.73 Å². The molecule has 0 spiro atoms. The van der Waals surface area contributed by atoms with Gasteiger partial charge in [0.2, 0.25) is 0 Å². The Hall–Kier alpha value is -2.02. The number of aromatic nitrogens is 3. The van der Waals surface area contributed by atoms with Gasteiger partial charge in [-0.1, -0.05) is 30.7 Å². The van der Waals surface area contributed by atoms with E-state index in [9.17, 15) is 4.79 Å². The average molecular weight is 347 g/mol. The molecule has 0 aliphatic carbocycles. The van der Waals surface area contributed by atoms with Crippen molar-refractivity contribution in [2.45, 2.75) is 19.9 Å². The molecule has 0 fully saturated rings. The number of rotatable bonds is 5. The number of hydrogen-bond acceptors (Lipinski definition) is 5. The molecule has 3 rings (SSSR count). The Morgan fingerprint density at radius 3 is 2.83 bits per heavy atom. The standard InChI is InChI=1S/C16H15ClN4OS/c1-2-10-7-12(15(22)11-5-3-4-6-13(11)17)16(23-10)21-9-19-20-14(21)8-18/h3-7,9H,2,8,18H2,1H3. The fraction of sp³-hybridized carbons (Fsp3) is 0.188. The van der Waals surface area contributed by atoms with Crippen molar-refractivity contribution in [3.63, 3.8) is 0 Å². The van der Waals surface area contributed by atoms with Crippen molar-refractivity contribution in [2.75, 3.05) is 0 Å². The van der Waals surface area contributed by atoms with Gasteiger partial charge in [-0.15, -0.1) is 21.5 Å². The molecule has 5 nitrogen and oxygen atoms in total. The third-order valence-corrected chi connectivity index (χ3v) is 5.10. The van der Waals surface area contributed by atoms with Crippen LogP contribution < -0.4 is 5.73 Å². The van der Waals surface area contributed by atoms with Crippen LogP contribution in [0.15, 0.2) is 36.7 Å². The average Bonchev–Trinajstić information content (AvgIpc) is 3.20. The number of hydrogen-bond donors (Lipinski definition) is 1. The van der Waals surface area contributed by atoms with E-state index < -0.39 is 0 Å². The van der Waals surface area contributed by atoms with E-state index >= 15 is 0 Å². The van der Waals surface area contributed by atoms with Crippen molar-refractivity contribution in [1.82, 2.24) is 14.8 Å². The number of halogens is 1. The van der Waals surface area contributed by atoms with Crippen molar-refractivity contribution < 1.29 is 4.79 Å². The predicted molar refractivity (Wildman–Crippen MR) is 91.4 cm³/mol. The first-order valence-corrected chi connectivity index (χ1v) is 8.36. The molecule has 0 amide bonds. The van der Waals surface area contributed by atoms with Crippen LogP contribution in [-0.4, -0.2) is 20.5 Å². The van der Waals surface area contributed by atoms with Gasteiger partial charge in [0.1, 0.15) is 11.3 Å². The molecule has 118 valence electrons. The lowest BCUT2D eigenvalue weighted by Crippen LogP contribution is -2.09. The summed E-state index contributed by atoms with van der Waals surface area (Å²) in [5.74, 6) is 0.501. The zero-order chi connectivity index (χ0) is 16.4. The SMILES string of the molecule is CCc1cc(C(=O)c2ccccc2Cl)c(-n2cnnc2CN)s1. The summed E-state index contributed by atoms with van der Waals surface area (Å²) in [5.41, 5.74) is 6.78. The molecule has 0 aliphatic rings. The van der Waals surface area contributed by atoms with Gasteiger partial charge in [0.15, 0.2) is 11.6 Å². The summed E-state index contributed by atoms with van der Waals surface area (Å²) in [5, 5.41) is 9.11. The summed E-state index contributed by atoms with van der Waals surface area (Å²) in [6, 6.07) is 8.96. The molecule has 0 bridgehead atoms. The lowest BCUT2D eigenvalue weighted by Gasteiger charge is -2.07. The molecule has 2 heterocycles. The number of nitrogens with two attached hydrogens (primary N) is 1. The van der Waals surface area contributed by atoms with Crippen molar-refractivity contribution in [2.24, 2.45) is 5.73 Å². The van der Waals surface area contributed by atoms with Crippen molar-refractivity contribution >= 4 is 28.7 Å². The summed E-state index contributed by atoms with van der Waals surface area (Å²) in [7, 11) is 0. The van der Waals surface area contributed by atoms with Crippen molar-refractivity contribution in [3.05, 3.63) is 63.5 Å². The van der Waals surface area contributed by atoms with Crippen LogP contribution in [0, 0.1) is 0 Å². The Morgan fingerprint density at radius 1 is 1.35 bits per heavy atom. The lowest BCUT2D eigenvalue weighted by molar-refractivity contribution is 0.103. The first-order valence-electron chi connectivity index (χ1n) is 7.17. The maximum absolute atomic E-state index is 12.9. The van der Waals surface area contributed by atoms with E-state index in [0.29, 0.717) is 22.0 Å². The van der Waals surface area contributed by atoms with E-state index in [2.05, 4.69) is 17.1 Å². The van der Waals surface area contributed by atoms with Crippen molar-refractivity contribution in [1.29, 1.82) is 0 Å². The Balaban J connectivity index is 2.14. The monoisotopic (exact) mass is 346 g/mol. The zero-order valence-electron chi connectivity index (χ0n) is 12.5. The molecule has 23 heavy (non-hydrogen) atoms. The van der Waals surface area contributed by atoms with E-state index in [1.807, 2.05) is 6.07 Å². The normalized spacial score (nSPS) is 10.9. The topological polar surface area (TPSA) is 73.8 Å². The predicted octanol–water partition coefficient (Wildman–Crippen LogP) is 3.23.